The normalized spacial score (nSPS) is 15.6. The van der Waals surface area contributed by atoms with Crippen molar-refractivity contribution in [1.82, 2.24) is 0 Å². The standard InChI is InChI=1S/C17H12N2O3S2/c20-16-15(10-12-6-8-14(9-7-12)19(21)22)18-17(24-16)23-11-13-4-2-1-3-5-13/h1-10H,11H2/b15-10+. The van der Waals surface area contributed by atoms with Gasteiger partial charge in [-0.15, -0.1) is 0 Å². The van der Waals surface area contributed by atoms with Crippen LogP contribution in [0.5, 0.6) is 0 Å². The van der Waals surface area contributed by atoms with E-state index in [-0.39, 0.29) is 10.8 Å². The molecule has 0 bridgehead atoms. The highest BCUT2D eigenvalue weighted by molar-refractivity contribution is 8.45. The first-order valence-corrected chi connectivity index (χ1v) is 8.86. The van der Waals surface area contributed by atoms with Gasteiger partial charge >= 0.3 is 0 Å². The number of thioether (sulfide) groups is 2. The zero-order valence-corrected chi connectivity index (χ0v) is 14.0. The predicted octanol–water partition coefficient (Wildman–Crippen LogP) is 4.50. The Hall–Kier alpha value is -2.38. The minimum absolute atomic E-state index is 0.0203. The van der Waals surface area contributed by atoms with Gasteiger partial charge in [0.25, 0.3) is 5.69 Å². The molecule has 1 heterocycles. The Balaban J connectivity index is 1.70. The summed E-state index contributed by atoms with van der Waals surface area (Å²) in [6.45, 7) is 0. The molecular formula is C17H12N2O3S2. The van der Waals surface area contributed by atoms with Crippen LogP contribution in [0.15, 0.2) is 65.3 Å². The molecule has 0 spiro atoms. The topological polar surface area (TPSA) is 72.6 Å². The molecule has 0 radical (unpaired) electrons. The van der Waals surface area contributed by atoms with Gasteiger partial charge in [-0.25, -0.2) is 4.99 Å². The van der Waals surface area contributed by atoms with Crippen LogP contribution in [0.1, 0.15) is 11.1 Å². The van der Waals surface area contributed by atoms with Crippen molar-refractivity contribution < 1.29 is 9.72 Å². The number of hydrogen-bond acceptors (Lipinski definition) is 6. The molecule has 7 heteroatoms. The Bertz CT molecular complexity index is 831. The molecule has 0 saturated heterocycles. The van der Waals surface area contributed by atoms with Gasteiger partial charge in [0.2, 0.25) is 5.12 Å². The fraction of sp³-hybridized carbons (Fsp3) is 0.0588. The molecule has 0 fully saturated rings. The number of nitro benzene ring substituents is 1. The van der Waals surface area contributed by atoms with E-state index in [1.165, 1.54) is 29.5 Å². The maximum atomic E-state index is 12.0. The molecule has 5 nitrogen and oxygen atoms in total. The quantitative estimate of drug-likeness (QED) is 0.458. The van der Waals surface area contributed by atoms with Crippen LogP contribution in [0.4, 0.5) is 5.69 Å². The average Bonchev–Trinajstić information content (AvgIpc) is 2.94. The van der Waals surface area contributed by atoms with Crippen molar-refractivity contribution >= 4 is 44.8 Å². The zero-order chi connectivity index (χ0) is 16.9. The van der Waals surface area contributed by atoms with Gasteiger partial charge in [0.1, 0.15) is 10.1 Å². The number of carbonyl (C=O) groups excluding carboxylic acids is 1. The van der Waals surface area contributed by atoms with Gasteiger partial charge in [0, 0.05) is 17.9 Å². The maximum Gasteiger partial charge on any atom is 0.269 e. The third-order valence-electron chi connectivity index (χ3n) is 3.21. The van der Waals surface area contributed by atoms with Crippen LogP contribution in [0.3, 0.4) is 0 Å². The minimum atomic E-state index is -0.454. The molecule has 0 atom stereocenters. The second kappa shape index (κ2) is 7.46. The van der Waals surface area contributed by atoms with Crippen LogP contribution in [-0.4, -0.2) is 14.4 Å². The van der Waals surface area contributed by atoms with Gasteiger partial charge in [-0.1, -0.05) is 42.1 Å². The number of non-ortho nitro benzene ring substituents is 1. The van der Waals surface area contributed by atoms with Crippen LogP contribution in [0.2, 0.25) is 0 Å². The summed E-state index contributed by atoms with van der Waals surface area (Å²) in [5.41, 5.74) is 2.27. The second-order valence-corrected chi connectivity index (χ2v) is 7.10. The molecule has 2 aromatic rings. The summed E-state index contributed by atoms with van der Waals surface area (Å²) in [7, 11) is 0. The highest BCUT2D eigenvalue weighted by Crippen LogP contribution is 2.32. The summed E-state index contributed by atoms with van der Waals surface area (Å²) in [4.78, 5) is 26.6. The first-order valence-electron chi connectivity index (χ1n) is 7.05. The van der Waals surface area contributed by atoms with Crippen molar-refractivity contribution in [2.24, 2.45) is 4.99 Å². The van der Waals surface area contributed by atoms with E-state index in [4.69, 9.17) is 0 Å². The Labute approximate surface area is 147 Å². The van der Waals surface area contributed by atoms with E-state index in [0.29, 0.717) is 11.3 Å². The van der Waals surface area contributed by atoms with E-state index in [9.17, 15) is 14.9 Å². The minimum Gasteiger partial charge on any atom is -0.279 e. The lowest BCUT2D eigenvalue weighted by atomic mass is 10.2. The molecule has 0 amide bonds. The summed E-state index contributed by atoms with van der Waals surface area (Å²) in [6.07, 6.45) is 1.65. The number of benzene rings is 2. The van der Waals surface area contributed by atoms with Gasteiger partial charge in [-0.05, 0) is 41.1 Å². The number of nitro groups is 1. The van der Waals surface area contributed by atoms with Crippen molar-refractivity contribution in [2.45, 2.75) is 5.75 Å². The highest BCUT2D eigenvalue weighted by Gasteiger charge is 2.22. The van der Waals surface area contributed by atoms with Gasteiger partial charge in [0.05, 0.1) is 4.92 Å². The lowest BCUT2D eigenvalue weighted by Crippen LogP contribution is -1.89. The predicted molar refractivity (Wildman–Crippen MR) is 98.8 cm³/mol. The fourth-order valence-electron chi connectivity index (χ4n) is 2.02. The molecule has 0 unspecified atom stereocenters. The highest BCUT2D eigenvalue weighted by atomic mass is 32.2. The Morgan fingerprint density at radius 3 is 2.50 bits per heavy atom. The molecule has 2 aromatic carbocycles. The van der Waals surface area contributed by atoms with Crippen molar-refractivity contribution in [1.29, 1.82) is 0 Å². The number of carbonyl (C=O) groups is 1. The third-order valence-corrected chi connectivity index (χ3v) is 5.29. The smallest absolute Gasteiger partial charge is 0.269 e. The summed E-state index contributed by atoms with van der Waals surface area (Å²) in [6, 6.07) is 16.0. The van der Waals surface area contributed by atoms with Crippen LogP contribution < -0.4 is 0 Å². The first kappa shape index (κ1) is 16.5. The largest absolute Gasteiger partial charge is 0.279 e. The Morgan fingerprint density at radius 1 is 1.12 bits per heavy atom. The maximum absolute atomic E-state index is 12.0. The Morgan fingerprint density at radius 2 is 1.83 bits per heavy atom. The van der Waals surface area contributed by atoms with Crippen LogP contribution in [-0.2, 0) is 10.5 Å². The summed E-state index contributed by atoms with van der Waals surface area (Å²) in [5, 5.41) is 10.5. The van der Waals surface area contributed by atoms with Gasteiger partial charge in [0.15, 0.2) is 0 Å². The monoisotopic (exact) mass is 356 g/mol. The molecule has 24 heavy (non-hydrogen) atoms. The first-order chi connectivity index (χ1) is 11.6. The molecule has 1 aliphatic rings. The second-order valence-electron chi connectivity index (χ2n) is 4.92. The lowest BCUT2D eigenvalue weighted by molar-refractivity contribution is -0.384. The summed E-state index contributed by atoms with van der Waals surface area (Å²) >= 11 is 2.64. The number of nitrogens with zero attached hydrogens (tertiary/aromatic N) is 2. The summed E-state index contributed by atoms with van der Waals surface area (Å²) < 4.78 is 0.719. The third kappa shape index (κ3) is 4.12. The molecule has 1 aliphatic heterocycles. The van der Waals surface area contributed by atoms with Crippen LogP contribution in [0, 0.1) is 10.1 Å². The number of rotatable bonds is 4. The molecule has 0 aromatic heterocycles. The molecule has 3 rings (SSSR count). The molecule has 120 valence electrons. The van der Waals surface area contributed by atoms with E-state index >= 15 is 0 Å². The van der Waals surface area contributed by atoms with Gasteiger partial charge < -0.3 is 0 Å². The van der Waals surface area contributed by atoms with Gasteiger partial charge in [-0.3, -0.25) is 14.9 Å². The van der Waals surface area contributed by atoms with Crippen LogP contribution >= 0.6 is 23.5 Å². The molecule has 0 N–H and O–H groups in total. The van der Waals surface area contributed by atoms with E-state index in [1.807, 2.05) is 30.3 Å². The van der Waals surface area contributed by atoms with E-state index in [0.717, 1.165) is 21.9 Å². The molecule has 0 aliphatic carbocycles. The summed E-state index contributed by atoms with van der Waals surface area (Å²) in [5.74, 6) is 0.755. The number of hydrogen-bond donors (Lipinski definition) is 0. The van der Waals surface area contributed by atoms with Crippen molar-refractivity contribution in [2.75, 3.05) is 0 Å². The van der Waals surface area contributed by atoms with Crippen molar-refractivity contribution in [3.8, 4) is 0 Å². The van der Waals surface area contributed by atoms with E-state index in [1.54, 1.807) is 18.2 Å². The Kier molecular flexibility index (Phi) is 5.12. The molecular weight excluding hydrogens is 344 g/mol. The zero-order valence-electron chi connectivity index (χ0n) is 12.4. The SMILES string of the molecule is O=C1SC(SCc2ccccc2)=N/C1=C/c1ccc([N+](=O)[O-])cc1. The van der Waals surface area contributed by atoms with Gasteiger partial charge in [-0.2, -0.15) is 0 Å². The van der Waals surface area contributed by atoms with Crippen LogP contribution in [0.25, 0.3) is 6.08 Å². The van der Waals surface area contributed by atoms with E-state index in [2.05, 4.69) is 4.99 Å². The molecule has 0 saturated carbocycles. The van der Waals surface area contributed by atoms with Crippen molar-refractivity contribution in [3.63, 3.8) is 0 Å². The fourth-order valence-corrected chi connectivity index (χ4v) is 3.82. The van der Waals surface area contributed by atoms with E-state index < -0.39 is 4.92 Å². The van der Waals surface area contributed by atoms with Crippen molar-refractivity contribution in [3.05, 3.63) is 81.5 Å². The lowest BCUT2D eigenvalue weighted by Gasteiger charge is -1.98. The average molecular weight is 356 g/mol. The number of aliphatic imine (C=N–C) groups is 1.